The Hall–Kier alpha value is -0.570. The quantitative estimate of drug-likeness (QED) is 0.468. The third-order valence-corrected chi connectivity index (χ3v) is 1.97. The average Bonchev–Trinajstić information content (AvgIpc) is 2.34. The lowest BCUT2D eigenvalue weighted by atomic mass is 10.2. The van der Waals surface area contributed by atoms with Crippen LogP contribution in [0.5, 0.6) is 0 Å². The van der Waals surface area contributed by atoms with Crippen LogP contribution in [0, 0.1) is 0 Å². The van der Waals surface area contributed by atoms with Gasteiger partial charge in [-0.2, -0.15) is 0 Å². The molecule has 1 aliphatic carbocycles. The second kappa shape index (κ2) is 3.72. The maximum Gasteiger partial charge on any atom is 0.0586 e. The molecular formula is C8H16N2O. The molecule has 0 radical (unpaired) electrons. The van der Waals surface area contributed by atoms with Gasteiger partial charge in [-0.25, -0.2) is 0 Å². The molecule has 3 nitrogen and oxygen atoms in total. The Kier molecular flexibility index (Phi) is 2.88. The Morgan fingerprint density at radius 1 is 1.64 bits per heavy atom. The first-order valence-electron chi connectivity index (χ1n) is 4.18. The van der Waals surface area contributed by atoms with Crippen molar-refractivity contribution < 1.29 is 5.21 Å². The smallest absolute Gasteiger partial charge is 0.0586 e. The fraction of sp³-hybridized carbons (Fsp3) is 0.875. The third kappa shape index (κ3) is 2.50. The lowest BCUT2D eigenvalue weighted by molar-refractivity contribution is 0.317. The van der Waals surface area contributed by atoms with E-state index in [1.165, 1.54) is 0 Å². The summed E-state index contributed by atoms with van der Waals surface area (Å²) in [7, 11) is 0. The zero-order valence-corrected chi connectivity index (χ0v) is 7.17. The van der Waals surface area contributed by atoms with Crippen molar-refractivity contribution in [3.05, 3.63) is 0 Å². The molecule has 0 aromatic rings. The Morgan fingerprint density at radius 2 is 2.36 bits per heavy atom. The Labute approximate surface area is 67.5 Å². The van der Waals surface area contributed by atoms with Crippen molar-refractivity contribution >= 4 is 5.71 Å². The Bertz CT molecular complexity index is 154. The summed E-state index contributed by atoms with van der Waals surface area (Å²) in [6, 6.07) is 1.05. The zero-order valence-electron chi connectivity index (χ0n) is 7.17. The highest BCUT2D eigenvalue weighted by Gasteiger charge is 2.20. The summed E-state index contributed by atoms with van der Waals surface area (Å²) in [5, 5.41) is 15.1. The van der Waals surface area contributed by atoms with Gasteiger partial charge in [0.05, 0.1) is 5.71 Å². The number of nitrogens with zero attached hydrogens (tertiary/aromatic N) is 1. The maximum atomic E-state index is 8.48. The van der Waals surface area contributed by atoms with Gasteiger partial charge >= 0.3 is 0 Å². The molecule has 0 heterocycles. The number of hydrogen-bond acceptors (Lipinski definition) is 3. The van der Waals surface area contributed by atoms with Crippen molar-refractivity contribution in [2.45, 2.75) is 45.2 Å². The van der Waals surface area contributed by atoms with Gasteiger partial charge in [0, 0.05) is 18.5 Å². The van der Waals surface area contributed by atoms with E-state index in [1.807, 2.05) is 0 Å². The standard InChI is InChI=1S/C8H16N2O/c1-6(2)9-7-3-4-8(5-7)10-11/h6-7,9,11H,3-5H2,1-2H3/b10-8-. The molecule has 1 saturated carbocycles. The van der Waals surface area contributed by atoms with Gasteiger partial charge in [-0.3, -0.25) is 0 Å². The SMILES string of the molecule is CC(C)NC1CC/C(=N/O)C1. The second-order valence-corrected chi connectivity index (χ2v) is 3.43. The Balaban J connectivity index is 2.30. The van der Waals surface area contributed by atoms with Gasteiger partial charge in [-0.15, -0.1) is 0 Å². The van der Waals surface area contributed by atoms with Crippen LogP contribution in [0.3, 0.4) is 0 Å². The molecule has 0 aromatic heterocycles. The van der Waals surface area contributed by atoms with Crippen LogP contribution in [0.1, 0.15) is 33.1 Å². The van der Waals surface area contributed by atoms with Crippen LogP contribution in [0.2, 0.25) is 0 Å². The molecule has 0 aliphatic heterocycles. The van der Waals surface area contributed by atoms with E-state index < -0.39 is 0 Å². The van der Waals surface area contributed by atoms with Crippen LogP contribution in [0.4, 0.5) is 0 Å². The van der Waals surface area contributed by atoms with E-state index in [2.05, 4.69) is 24.3 Å². The van der Waals surface area contributed by atoms with Crippen molar-refractivity contribution in [1.82, 2.24) is 5.32 Å². The lowest BCUT2D eigenvalue weighted by Gasteiger charge is -2.13. The first-order chi connectivity index (χ1) is 5.22. The van der Waals surface area contributed by atoms with Gasteiger partial charge in [0.25, 0.3) is 0 Å². The van der Waals surface area contributed by atoms with Gasteiger partial charge in [0.15, 0.2) is 0 Å². The highest BCUT2D eigenvalue weighted by atomic mass is 16.4. The summed E-state index contributed by atoms with van der Waals surface area (Å²) in [6.45, 7) is 4.27. The molecule has 0 amide bonds. The molecule has 1 unspecified atom stereocenters. The van der Waals surface area contributed by atoms with Crippen LogP contribution >= 0.6 is 0 Å². The van der Waals surface area contributed by atoms with Crippen molar-refractivity contribution in [2.75, 3.05) is 0 Å². The number of rotatable bonds is 2. The van der Waals surface area contributed by atoms with Crippen LogP contribution < -0.4 is 5.32 Å². The van der Waals surface area contributed by atoms with E-state index in [0.717, 1.165) is 25.0 Å². The second-order valence-electron chi connectivity index (χ2n) is 3.43. The topological polar surface area (TPSA) is 44.6 Å². The minimum absolute atomic E-state index is 0.526. The van der Waals surface area contributed by atoms with Gasteiger partial charge in [-0.05, 0) is 12.8 Å². The molecule has 2 N–H and O–H groups in total. The predicted octanol–water partition coefficient (Wildman–Crippen LogP) is 1.37. The highest BCUT2D eigenvalue weighted by molar-refractivity contribution is 5.86. The van der Waals surface area contributed by atoms with Gasteiger partial charge < -0.3 is 10.5 Å². The molecule has 3 heteroatoms. The molecule has 1 fully saturated rings. The molecular weight excluding hydrogens is 140 g/mol. The van der Waals surface area contributed by atoms with Crippen LogP contribution in [-0.2, 0) is 0 Å². The summed E-state index contributed by atoms with van der Waals surface area (Å²) >= 11 is 0. The van der Waals surface area contributed by atoms with E-state index >= 15 is 0 Å². The fourth-order valence-corrected chi connectivity index (χ4v) is 1.53. The summed E-state index contributed by atoms with van der Waals surface area (Å²) < 4.78 is 0. The molecule has 1 aliphatic rings. The van der Waals surface area contributed by atoms with Crippen molar-refractivity contribution in [3.8, 4) is 0 Å². The van der Waals surface area contributed by atoms with Gasteiger partial charge in [0.2, 0.25) is 0 Å². The summed E-state index contributed by atoms with van der Waals surface area (Å²) in [5.41, 5.74) is 0.933. The zero-order chi connectivity index (χ0) is 8.27. The largest absolute Gasteiger partial charge is 0.411 e. The lowest BCUT2D eigenvalue weighted by Crippen LogP contribution is -2.32. The molecule has 0 spiro atoms. The molecule has 0 aromatic carbocycles. The first kappa shape index (κ1) is 8.53. The molecule has 64 valence electrons. The van der Waals surface area contributed by atoms with E-state index in [-0.39, 0.29) is 0 Å². The van der Waals surface area contributed by atoms with Gasteiger partial charge in [0.1, 0.15) is 0 Å². The van der Waals surface area contributed by atoms with Crippen LogP contribution in [0.25, 0.3) is 0 Å². The Morgan fingerprint density at radius 3 is 2.82 bits per heavy atom. The number of oxime groups is 1. The molecule has 1 atom stereocenters. The molecule has 11 heavy (non-hydrogen) atoms. The number of hydrogen-bond donors (Lipinski definition) is 2. The van der Waals surface area contributed by atoms with Gasteiger partial charge in [-0.1, -0.05) is 19.0 Å². The highest BCUT2D eigenvalue weighted by Crippen LogP contribution is 2.16. The van der Waals surface area contributed by atoms with E-state index in [0.29, 0.717) is 12.1 Å². The van der Waals surface area contributed by atoms with Crippen molar-refractivity contribution in [2.24, 2.45) is 5.16 Å². The normalized spacial score (nSPS) is 28.6. The van der Waals surface area contributed by atoms with E-state index in [4.69, 9.17) is 5.21 Å². The number of nitrogens with one attached hydrogen (secondary N) is 1. The van der Waals surface area contributed by atoms with Crippen LogP contribution in [-0.4, -0.2) is 23.0 Å². The van der Waals surface area contributed by atoms with Crippen molar-refractivity contribution in [3.63, 3.8) is 0 Å². The van der Waals surface area contributed by atoms with E-state index in [9.17, 15) is 0 Å². The minimum atomic E-state index is 0.526. The predicted molar refractivity (Wildman–Crippen MR) is 45.1 cm³/mol. The summed E-state index contributed by atoms with van der Waals surface area (Å²) in [5.74, 6) is 0. The molecule has 0 bridgehead atoms. The minimum Gasteiger partial charge on any atom is -0.411 e. The average molecular weight is 156 g/mol. The van der Waals surface area contributed by atoms with E-state index in [1.54, 1.807) is 0 Å². The van der Waals surface area contributed by atoms with Crippen LogP contribution in [0.15, 0.2) is 5.16 Å². The molecule has 0 saturated heterocycles. The summed E-state index contributed by atoms with van der Waals surface area (Å²) in [4.78, 5) is 0. The maximum absolute atomic E-state index is 8.48. The first-order valence-corrected chi connectivity index (χ1v) is 4.18. The third-order valence-electron chi connectivity index (χ3n) is 1.97. The fourth-order valence-electron chi connectivity index (χ4n) is 1.53. The van der Waals surface area contributed by atoms with Crippen molar-refractivity contribution in [1.29, 1.82) is 0 Å². The monoisotopic (exact) mass is 156 g/mol. The summed E-state index contributed by atoms with van der Waals surface area (Å²) in [6.07, 6.45) is 2.97. The molecule has 1 rings (SSSR count).